The van der Waals surface area contributed by atoms with Gasteiger partial charge in [0.15, 0.2) is 0 Å². The van der Waals surface area contributed by atoms with E-state index in [0.717, 1.165) is 29.4 Å². The van der Waals surface area contributed by atoms with Crippen LogP contribution in [0, 0.1) is 0 Å². The Bertz CT molecular complexity index is 564. The van der Waals surface area contributed by atoms with E-state index < -0.39 is 0 Å². The molecule has 2 aromatic carbocycles. The molecule has 0 aliphatic rings. The van der Waals surface area contributed by atoms with Crippen molar-refractivity contribution in [2.24, 2.45) is 0 Å². The van der Waals surface area contributed by atoms with Crippen LogP contribution in [0.3, 0.4) is 0 Å². The standard InChI is InChI=1S/C17H20ClNO2.ClH/c1-20-10-9-19-12-14-5-4-7-16(11-14)21-13-15-6-2-3-8-17(15)18;/h2-8,11,19H,9-10,12-13H2,1H3;1H. The molecular formula is C17H21Cl2NO2. The van der Waals surface area contributed by atoms with Gasteiger partial charge in [0.25, 0.3) is 0 Å². The molecule has 0 aromatic heterocycles. The molecule has 0 unspecified atom stereocenters. The molecule has 0 aliphatic heterocycles. The smallest absolute Gasteiger partial charge is 0.120 e. The van der Waals surface area contributed by atoms with Gasteiger partial charge in [0.2, 0.25) is 0 Å². The molecule has 0 radical (unpaired) electrons. The van der Waals surface area contributed by atoms with E-state index in [1.807, 2.05) is 42.5 Å². The Morgan fingerprint density at radius 3 is 2.68 bits per heavy atom. The molecule has 0 aliphatic carbocycles. The SMILES string of the molecule is COCCNCc1cccc(OCc2ccccc2Cl)c1.Cl. The van der Waals surface area contributed by atoms with Gasteiger partial charge in [-0.05, 0) is 23.8 Å². The van der Waals surface area contributed by atoms with E-state index in [2.05, 4.69) is 11.4 Å². The minimum atomic E-state index is 0. The molecule has 2 rings (SSSR count). The van der Waals surface area contributed by atoms with Gasteiger partial charge >= 0.3 is 0 Å². The van der Waals surface area contributed by atoms with Gasteiger partial charge in [0, 0.05) is 30.8 Å². The van der Waals surface area contributed by atoms with Gasteiger partial charge in [-0.3, -0.25) is 0 Å². The summed E-state index contributed by atoms with van der Waals surface area (Å²) < 4.78 is 10.8. The second-order valence-electron chi connectivity index (χ2n) is 4.70. The summed E-state index contributed by atoms with van der Waals surface area (Å²) in [6, 6.07) is 15.8. The van der Waals surface area contributed by atoms with Crippen LogP contribution in [0.2, 0.25) is 5.02 Å². The van der Waals surface area contributed by atoms with Crippen molar-refractivity contribution in [3.05, 3.63) is 64.7 Å². The summed E-state index contributed by atoms with van der Waals surface area (Å²) in [4.78, 5) is 0. The average molecular weight is 342 g/mol. The lowest BCUT2D eigenvalue weighted by atomic mass is 10.2. The summed E-state index contributed by atoms with van der Waals surface area (Å²) >= 11 is 6.12. The number of rotatable bonds is 8. The predicted octanol–water partition coefficient (Wildman–Crippen LogP) is 4.08. The molecule has 22 heavy (non-hydrogen) atoms. The van der Waals surface area contributed by atoms with Gasteiger partial charge in [-0.2, -0.15) is 0 Å². The summed E-state index contributed by atoms with van der Waals surface area (Å²) in [7, 11) is 1.70. The maximum Gasteiger partial charge on any atom is 0.120 e. The van der Waals surface area contributed by atoms with Crippen LogP contribution >= 0.6 is 24.0 Å². The molecule has 0 bridgehead atoms. The normalized spacial score (nSPS) is 10.1. The highest BCUT2D eigenvalue weighted by molar-refractivity contribution is 6.31. The number of benzene rings is 2. The average Bonchev–Trinajstić information content (AvgIpc) is 2.51. The summed E-state index contributed by atoms with van der Waals surface area (Å²) in [5.74, 6) is 0.848. The summed E-state index contributed by atoms with van der Waals surface area (Å²) in [6.45, 7) is 2.82. The highest BCUT2D eigenvalue weighted by Crippen LogP contribution is 2.19. The van der Waals surface area contributed by atoms with E-state index in [0.29, 0.717) is 13.2 Å². The van der Waals surface area contributed by atoms with Crippen LogP contribution in [0.4, 0.5) is 0 Å². The summed E-state index contributed by atoms with van der Waals surface area (Å²) in [6.07, 6.45) is 0. The first kappa shape index (κ1) is 18.8. The monoisotopic (exact) mass is 341 g/mol. The predicted molar refractivity (Wildman–Crippen MR) is 93.1 cm³/mol. The molecule has 0 heterocycles. The maximum absolute atomic E-state index is 6.12. The Balaban J connectivity index is 0.00000242. The number of nitrogens with one attached hydrogen (secondary N) is 1. The molecule has 0 amide bonds. The number of halogens is 2. The van der Waals surface area contributed by atoms with Crippen LogP contribution in [-0.4, -0.2) is 20.3 Å². The van der Waals surface area contributed by atoms with Crippen LogP contribution in [0.5, 0.6) is 5.75 Å². The number of hydrogen-bond acceptors (Lipinski definition) is 3. The first-order valence-corrected chi connectivity index (χ1v) is 7.32. The van der Waals surface area contributed by atoms with E-state index in [4.69, 9.17) is 21.1 Å². The third-order valence-electron chi connectivity index (χ3n) is 3.06. The third-order valence-corrected chi connectivity index (χ3v) is 3.43. The van der Waals surface area contributed by atoms with Crippen molar-refractivity contribution in [1.29, 1.82) is 0 Å². The number of methoxy groups -OCH3 is 1. The molecule has 1 N–H and O–H groups in total. The maximum atomic E-state index is 6.12. The Morgan fingerprint density at radius 2 is 1.91 bits per heavy atom. The van der Waals surface area contributed by atoms with Crippen molar-refractivity contribution < 1.29 is 9.47 Å². The van der Waals surface area contributed by atoms with Crippen molar-refractivity contribution in [3.63, 3.8) is 0 Å². The molecule has 0 saturated heterocycles. The molecule has 0 atom stereocenters. The van der Waals surface area contributed by atoms with Crippen LogP contribution in [0.1, 0.15) is 11.1 Å². The molecule has 0 spiro atoms. The Labute approximate surface area is 143 Å². The van der Waals surface area contributed by atoms with Crippen LogP contribution in [0.25, 0.3) is 0 Å². The molecule has 0 fully saturated rings. The molecule has 0 saturated carbocycles. The zero-order valence-corrected chi connectivity index (χ0v) is 14.1. The Hall–Kier alpha value is -1.26. The zero-order valence-electron chi connectivity index (χ0n) is 12.5. The first-order valence-electron chi connectivity index (χ1n) is 6.94. The lowest BCUT2D eigenvalue weighted by molar-refractivity contribution is 0.199. The van der Waals surface area contributed by atoms with Crippen molar-refractivity contribution in [3.8, 4) is 5.75 Å². The Morgan fingerprint density at radius 1 is 1.09 bits per heavy atom. The lowest BCUT2D eigenvalue weighted by Crippen LogP contribution is -2.18. The largest absolute Gasteiger partial charge is 0.489 e. The molecule has 3 nitrogen and oxygen atoms in total. The Kier molecular flexibility index (Phi) is 8.94. The van der Waals surface area contributed by atoms with Gasteiger partial charge in [-0.25, -0.2) is 0 Å². The quantitative estimate of drug-likeness (QED) is 0.734. The van der Waals surface area contributed by atoms with Crippen LogP contribution < -0.4 is 10.1 Å². The zero-order chi connectivity index (χ0) is 14.9. The number of hydrogen-bond donors (Lipinski definition) is 1. The fraction of sp³-hybridized carbons (Fsp3) is 0.294. The fourth-order valence-corrected chi connectivity index (χ4v) is 2.12. The van der Waals surface area contributed by atoms with E-state index in [-0.39, 0.29) is 12.4 Å². The highest BCUT2D eigenvalue weighted by Gasteiger charge is 2.01. The molecule has 2 aromatic rings. The van der Waals surface area contributed by atoms with Gasteiger partial charge in [0.05, 0.1) is 6.61 Å². The van der Waals surface area contributed by atoms with Crippen molar-refractivity contribution >= 4 is 24.0 Å². The summed E-state index contributed by atoms with van der Waals surface area (Å²) in [5.41, 5.74) is 2.17. The van der Waals surface area contributed by atoms with Gasteiger partial charge < -0.3 is 14.8 Å². The second kappa shape index (κ2) is 10.5. The molecular weight excluding hydrogens is 321 g/mol. The first-order chi connectivity index (χ1) is 10.3. The molecule has 5 heteroatoms. The topological polar surface area (TPSA) is 30.5 Å². The number of ether oxygens (including phenoxy) is 2. The van der Waals surface area contributed by atoms with Gasteiger partial charge in [-0.1, -0.05) is 41.9 Å². The second-order valence-corrected chi connectivity index (χ2v) is 5.10. The third kappa shape index (κ3) is 6.24. The summed E-state index contributed by atoms with van der Waals surface area (Å²) in [5, 5.41) is 4.04. The lowest BCUT2D eigenvalue weighted by Gasteiger charge is -2.10. The van der Waals surface area contributed by atoms with Crippen molar-refractivity contribution in [2.75, 3.05) is 20.3 Å². The minimum absolute atomic E-state index is 0. The van der Waals surface area contributed by atoms with E-state index >= 15 is 0 Å². The minimum Gasteiger partial charge on any atom is -0.489 e. The van der Waals surface area contributed by atoms with E-state index in [1.54, 1.807) is 7.11 Å². The van der Waals surface area contributed by atoms with E-state index in [9.17, 15) is 0 Å². The van der Waals surface area contributed by atoms with Crippen LogP contribution in [-0.2, 0) is 17.9 Å². The highest BCUT2D eigenvalue weighted by atomic mass is 35.5. The van der Waals surface area contributed by atoms with Gasteiger partial charge in [0.1, 0.15) is 12.4 Å². The molecule has 120 valence electrons. The fourth-order valence-electron chi connectivity index (χ4n) is 1.93. The van der Waals surface area contributed by atoms with Crippen molar-refractivity contribution in [1.82, 2.24) is 5.32 Å². The van der Waals surface area contributed by atoms with Crippen LogP contribution in [0.15, 0.2) is 48.5 Å². The van der Waals surface area contributed by atoms with Gasteiger partial charge in [-0.15, -0.1) is 12.4 Å². The van der Waals surface area contributed by atoms with E-state index in [1.165, 1.54) is 5.56 Å². The van der Waals surface area contributed by atoms with Crippen molar-refractivity contribution in [2.45, 2.75) is 13.2 Å².